The van der Waals surface area contributed by atoms with E-state index in [-0.39, 0.29) is 4.90 Å². The van der Waals surface area contributed by atoms with E-state index < -0.39 is 16.1 Å². The summed E-state index contributed by atoms with van der Waals surface area (Å²) in [5.74, 6) is 0.548. The molecule has 0 aliphatic carbocycles. The van der Waals surface area contributed by atoms with Crippen LogP contribution in [0.5, 0.6) is 0 Å². The van der Waals surface area contributed by atoms with Gasteiger partial charge in [-0.15, -0.1) is 10.2 Å². The van der Waals surface area contributed by atoms with Gasteiger partial charge in [-0.05, 0) is 24.6 Å². The zero-order chi connectivity index (χ0) is 14.8. The van der Waals surface area contributed by atoms with Crippen molar-refractivity contribution in [1.82, 2.24) is 19.5 Å². The molecule has 1 heterocycles. The zero-order valence-corrected chi connectivity index (χ0v) is 12.1. The van der Waals surface area contributed by atoms with Crippen molar-refractivity contribution in [2.45, 2.75) is 24.4 Å². The van der Waals surface area contributed by atoms with Crippen molar-refractivity contribution in [3.63, 3.8) is 0 Å². The van der Waals surface area contributed by atoms with Crippen LogP contribution >= 0.6 is 0 Å². The fourth-order valence-electron chi connectivity index (χ4n) is 1.84. The lowest BCUT2D eigenvalue weighted by Gasteiger charge is -2.13. The summed E-state index contributed by atoms with van der Waals surface area (Å²) in [6.45, 7) is 2.10. The molecule has 0 spiro atoms. The Kier molecular flexibility index (Phi) is 4.17. The van der Waals surface area contributed by atoms with Gasteiger partial charge in [-0.2, -0.15) is 0 Å². The summed E-state index contributed by atoms with van der Waals surface area (Å²) in [6.07, 6.45) is 1.52. The molecule has 1 aromatic heterocycles. The van der Waals surface area contributed by atoms with Crippen LogP contribution in [-0.4, -0.2) is 23.2 Å². The van der Waals surface area contributed by atoms with Crippen molar-refractivity contribution in [1.29, 1.82) is 0 Å². The molecule has 20 heavy (non-hydrogen) atoms. The molecule has 0 bridgehead atoms. The third-order valence-electron chi connectivity index (χ3n) is 2.93. The molecule has 2 rings (SSSR count). The minimum atomic E-state index is -3.60. The largest absolute Gasteiger partial charge is 0.326 e. The highest BCUT2D eigenvalue weighted by molar-refractivity contribution is 7.89. The van der Waals surface area contributed by atoms with Gasteiger partial charge >= 0.3 is 0 Å². The van der Waals surface area contributed by atoms with Crippen LogP contribution in [0.4, 0.5) is 0 Å². The molecule has 8 heteroatoms. The van der Waals surface area contributed by atoms with Crippen LogP contribution in [-0.2, 0) is 23.6 Å². The third-order valence-corrected chi connectivity index (χ3v) is 4.49. The highest BCUT2D eigenvalue weighted by Gasteiger charge is 2.20. The fourth-order valence-corrected chi connectivity index (χ4v) is 3.04. The smallest absolute Gasteiger partial charge is 0.241 e. The van der Waals surface area contributed by atoms with Crippen molar-refractivity contribution in [3.05, 3.63) is 42.0 Å². The number of hydrogen-bond donors (Lipinski definition) is 2. The van der Waals surface area contributed by atoms with E-state index in [4.69, 9.17) is 5.73 Å². The van der Waals surface area contributed by atoms with E-state index in [0.717, 1.165) is 5.56 Å². The van der Waals surface area contributed by atoms with Crippen LogP contribution in [0.2, 0.25) is 0 Å². The molecule has 7 nitrogen and oxygen atoms in total. The normalized spacial score (nSPS) is 13.3. The van der Waals surface area contributed by atoms with Crippen LogP contribution in [0.25, 0.3) is 0 Å². The molecule has 0 radical (unpaired) electrons. The van der Waals surface area contributed by atoms with Gasteiger partial charge in [-0.1, -0.05) is 12.1 Å². The molecule has 0 saturated carbocycles. The molecule has 2 aromatic rings. The maximum absolute atomic E-state index is 12.2. The Morgan fingerprint density at radius 2 is 2.00 bits per heavy atom. The Labute approximate surface area is 117 Å². The average molecular weight is 295 g/mol. The van der Waals surface area contributed by atoms with E-state index in [1.165, 1.54) is 18.5 Å². The Morgan fingerprint density at radius 1 is 1.35 bits per heavy atom. The number of nitrogens with one attached hydrogen (secondary N) is 1. The first-order chi connectivity index (χ1) is 9.44. The summed E-state index contributed by atoms with van der Waals surface area (Å²) in [7, 11) is -1.84. The minimum absolute atomic E-state index is 0.198. The molecule has 1 atom stereocenters. The van der Waals surface area contributed by atoms with Gasteiger partial charge in [0.05, 0.1) is 10.9 Å². The second kappa shape index (κ2) is 5.70. The van der Waals surface area contributed by atoms with Crippen LogP contribution in [0, 0.1) is 0 Å². The number of nitrogens with two attached hydrogens (primary N) is 1. The average Bonchev–Trinajstić information content (AvgIpc) is 2.84. The summed E-state index contributed by atoms with van der Waals surface area (Å²) >= 11 is 0. The minimum Gasteiger partial charge on any atom is -0.326 e. The van der Waals surface area contributed by atoms with Crippen LogP contribution in [0.3, 0.4) is 0 Å². The molecule has 3 N–H and O–H groups in total. The first-order valence-corrected chi connectivity index (χ1v) is 7.57. The predicted octanol–water partition coefficient (Wildman–Crippen LogP) is 0.313. The third kappa shape index (κ3) is 3.03. The van der Waals surface area contributed by atoms with Gasteiger partial charge in [0.25, 0.3) is 0 Å². The number of nitrogens with zero attached hydrogens (tertiary/aromatic N) is 3. The lowest BCUT2D eigenvalue weighted by molar-refractivity contribution is 0.553. The van der Waals surface area contributed by atoms with Gasteiger partial charge in [0.1, 0.15) is 12.2 Å². The fraction of sp³-hybridized carbons (Fsp3) is 0.333. The van der Waals surface area contributed by atoms with E-state index in [1.54, 1.807) is 30.7 Å². The molecule has 1 unspecified atom stereocenters. The maximum atomic E-state index is 12.2. The van der Waals surface area contributed by atoms with Crippen molar-refractivity contribution in [2.75, 3.05) is 0 Å². The Balaban J connectivity index is 2.20. The van der Waals surface area contributed by atoms with Crippen molar-refractivity contribution < 1.29 is 8.42 Å². The van der Waals surface area contributed by atoms with E-state index in [9.17, 15) is 8.42 Å². The molecular formula is C12H17N5O2S. The zero-order valence-electron chi connectivity index (χ0n) is 11.3. The van der Waals surface area contributed by atoms with Crippen LogP contribution < -0.4 is 10.5 Å². The summed E-state index contributed by atoms with van der Waals surface area (Å²) in [5.41, 5.74) is 6.37. The summed E-state index contributed by atoms with van der Waals surface area (Å²) in [6, 6.07) is 5.99. The lowest BCUT2D eigenvalue weighted by Crippen LogP contribution is -2.28. The van der Waals surface area contributed by atoms with Gasteiger partial charge < -0.3 is 10.3 Å². The summed E-state index contributed by atoms with van der Waals surface area (Å²) < 4.78 is 28.7. The number of benzene rings is 1. The maximum Gasteiger partial charge on any atom is 0.241 e. The van der Waals surface area contributed by atoms with E-state index in [2.05, 4.69) is 14.9 Å². The summed E-state index contributed by atoms with van der Waals surface area (Å²) in [4.78, 5) is 0.198. The SMILES string of the molecule is CC(NS(=O)(=O)c1ccc(CN)cc1)c1nncn1C. The highest BCUT2D eigenvalue weighted by Crippen LogP contribution is 2.15. The molecule has 0 fully saturated rings. The highest BCUT2D eigenvalue weighted by atomic mass is 32.2. The van der Waals surface area contributed by atoms with Gasteiger partial charge in [-0.25, -0.2) is 13.1 Å². The Hall–Kier alpha value is -1.77. The van der Waals surface area contributed by atoms with Crippen molar-refractivity contribution in [2.24, 2.45) is 12.8 Å². The van der Waals surface area contributed by atoms with Gasteiger partial charge in [0.2, 0.25) is 10.0 Å². The van der Waals surface area contributed by atoms with E-state index in [1.807, 2.05) is 0 Å². The molecule has 0 amide bonds. The number of aryl methyl sites for hydroxylation is 1. The quantitative estimate of drug-likeness (QED) is 0.826. The standard InChI is InChI=1S/C12H17N5O2S/c1-9(12-15-14-8-17(12)2)16-20(18,19)11-5-3-10(7-13)4-6-11/h3-6,8-9,16H,7,13H2,1-2H3. The Morgan fingerprint density at radius 3 is 2.50 bits per heavy atom. The van der Waals surface area contributed by atoms with Crippen LogP contribution in [0.1, 0.15) is 24.4 Å². The van der Waals surface area contributed by atoms with Crippen molar-refractivity contribution >= 4 is 10.0 Å². The number of aromatic nitrogens is 3. The molecular weight excluding hydrogens is 278 g/mol. The van der Waals surface area contributed by atoms with Gasteiger partial charge in [0, 0.05) is 13.6 Å². The molecule has 0 aliphatic heterocycles. The monoisotopic (exact) mass is 295 g/mol. The van der Waals surface area contributed by atoms with E-state index in [0.29, 0.717) is 12.4 Å². The number of hydrogen-bond acceptors (Lipinski definition) is 5. The van der Waals surface area contributed by atoms with Gasteiger partial charge in [0.15, 0.2) is 0 Å². The Bertz CT molecular complexity index is 678. The second-order valence-electron chi connectivity index (χ2n) is 4.49. The van der Waals surface area contributed by atoms with Crippen LogP contribution in [0.15, 0.2) is 35.5 Å². The number of rotatable bonds is 5. The topological polar surface area (TPSA) is 103 Å². The first-order valence-electron chi connectivity index (χ1n) is 6.09. The molecule has 0 saturated heterocycles. The van der Waals surface area contributed by atoms with Crippen molar-refractivity contribution in [3.8, 4) is 0 Å². The molecule has 1 aromatic carbocycles. The predicted molar refractivity (Wildman–Crippen MR) is 74.1 cm³/mol. The van der Waals surface area contributed by atoms with E-state index >= 15 is 0 Å². The molecule has 108 valence electrons. The number of sulfonamides is 1. The lowest BCUT2D eigenvalue weighted by atomic mass is 10.2. The van der Waals surface area contributed by atoms with Gasteiger partial charge in [-0.3, -0.25) is 0 Å². The second-order valence-corrected chi connectivity index (χ2v) is 6.21. The summed E-state index contributed by atoms with van der Waals surface area (Å²) in [5, 5.41) is 7.62. The molecule has 0 aliphatic rings. The first kappa shape index (κ1) is 14.6.